The molecule has 0 atom stereocenters. The van der Waals surface area contributed by atoms with E-state index in [9.17, 15) is 4.91 Å². The topological polar surface area (TPSA) is 88.3 Å². The lowest BCUT2D eigenvalue weighted by molar-refractivity contribution is 0.135. The van der Waals surface area contributed by atoms with Crippen LogP contribution in [-0.2, 0) is 4.84 Å². The number of hydrogen-bond donors (Lipinski definition) is 1. The maximum absolute atomic E-state index is 9.30. The Hall–Kier alpha value is -1.20. The first-order valence-corrected chi connectivity index (χ1v) is 3.24. The molecule has 0 heterocycles. The van der Waals surface area contributed by atoms with Gasteiger partial charge in [0.1, 0.15) is 6.61 Å². The highest BCUT2D eigenvalue weighted by Crippen LogP contribution is 1.93. The van der Waals surface area contributed by atoms with Gasteiger partial charge in [0, 0.05) is 0 Å². The average molecular weight is 164 g/mol. The smallest absolute Gasteiger partial charge is 0.155 e. The summed E-state index contributed by atoms with van der Waals surface area (Å²) in [7, 11) is 0. The molecule has 0 aliphatic carbocycles. The molecule has 0 aliphatic rings. The normalized spacial score (nSPS) is 7.36. The van der Waals surface area contributed by atoms with Crippen LogP contribution < -0.4 is 0 Å². The van der Waals surface area contributed by atoms with Gasteiger partial charge in [-0.2, -0.15) is 0 Å². The van der Waals surface area contributed by atoms with Gasteiger partial charge in [-0.3, -0.25) is 0 Å². The van der Waals surface area contributed by atoms with Crippen LogP contribution in [0.25, 0.3) is 0 Å². The first-order valence-electron chi connectivity index (χ1n) is 3.24. The number of nitrogens with zero attached hydrogens (tertiary/aromatic N) is 2. The number of rotatable bonds is 5. The van der Waals surface area contributed by atoms with Crippen molar-refractivity contribution in [1.82, 2.24) is 0 Å². The lowest BCUT2D eigenvalue weighted by Crippen LogP contribution is -1.84. The fourth-order valence-corrected chi connectivity index (χ4v) is 0.454. The second-order valence-electron chi connectivity index (χ2n) is 1.70. The van der Waals surface area contributed by atoms with Crippen molar-refractivity contribution in [3.63, 3.8) is 0 Å². The van der Waals surface area contributed by atoms with Crippen LogP contribution >= 0.6 is 0 Å². The van der Waals surface area contributed by atoms with Gasteiger partial charge in [0.25, 0.3) is 0 Å². The van der Waals surface area contributed by atoms with E-state index < -0.39 is 0 Å². The molecule has 0 aliphatic heterocycles. The Morgan fingerprint density at radius 1 is 1.36 bits per heavy atom. The Balaban J connectivity index is 0. The molecule has 0 saturated carbocycles. The largest absolute Gasteiger partial charge is 0.379 e. The van der Waals surface area contributed by atoms with Crippen LogP contribution in [0.15, 0.2) is 10.7 Å². The second kappa shape index (κ2) is 15.9. The predicted octanol–water partition coefficient (Wildman–Crippen LogP) is 2.02. The van der Waals surface area contributed by atoms with Crippen molar-refractivity contribution in [2.24, 2.45) is 10.7 Å². The lowest BCUT2D eigenvalue weighted by Gasteiger charge is -1.91. The summed E-state index contributed by atoms with van der Waals surface area (Å²) < 4.78 is 0. The van der Waals surface area contributed by atoms with Gasteiger partial charge in [0.2, 0.25) is 0 Å². The van der Waals surface area contributed by atoms with Crippen molar-refractivity contribution < 1.29 is 10.0 Å². The minimum atomic E-state index is 0.470. The van der Waals surface area contributed by atoms with Crippen LogP contribution in [0.3, 0.4) is 0 Å². The van der Waals surface area contributed by atoms with Crippen LogP contribution in [0.5, 0.6) is 0 Å². The summed E-state index contributed by atoms with van der Waals surface area (Å²) in [6.45, 7) is 2.56. The van der Waals surface area contributed by atoms with E-state index in [-0.39, 0.29) is 0 Å². The highest BCUT2D eigenvalue weighted by atomic mass is 16.7. The number of unbranched alkanes of at least 4 members (excludes halogenated alkanes) is 2. The Labute approximate surface area is 64.4 Å². The molecular formula is C5H12N2O4. The predicted molar refractivity (Wildman–Crippen MR) is 38.9 cm³/mol. The van der Waals surface area contributed by atoms with E-state index in [0.717, 1.165) is 19.3 Å². The minimum Gasteiger partial charge on any atom is -0.379 e. The molecule has 0 saturated heterocycles. The third-order valence-electron chi connectivity index (χ3n) is 0.892. The summed E-state index contributed by atoms with van der Waals surface area (Å²) in [6.07, 6.45) is 3.18. The van der Waals surface area contributed by atoms with E-state index in [1.807, 2.05) is 0 Å². The van der Waals surface area contributed by atoms with Crippen LogP contribution in [0.4, 0.5) is 0 Å². The maximum atomic E-state index is 9.30. The quantitative estimate of drug-likeness (QED) is 0.382. The molecule has 0 unspecified atom stereocenters. The van der Waals surface area contributed by atoms with Crippen LogP contribution in [-0.4, -0.2) is 11.8 Å². The van der Waals surface area contributed by atoms with Gasteiger partial charge in [0.05, 0.1) is 0 Å². The third kappa shape index (κ3) is 28.2. The number of hydrogen-bond acceptors (Lipinski definition) is 5. The lowest BCUT2D eigenvalue weighted by atomic mass is 10.3. The first-order chi connectivity index (χ1) is 5.33. The average Bonchev–Trinajstić information content (AvgIpc) is 2.00. The van der Waals surface area contributed by atoms with E-state index in [2.05, 4.69) is 17.1 Å². The first kappa shape index (κ1) is 12.5. The van der Waals surface area contributed by atoms with E-state index in [1.165, 1.54) is 5.34 Å². The fourth-order valence-electron chi connectivity index (χ4n) is 0.454. The van der Waals surface area contributed by atoms with Gasteiger partial charge < -0.3 is 10.0 Å². The van der Waals surface area contributed by atoms with Crippen molar-refractivity contribution in [1.29, 1.82) is 0 Å². The molecule has 0 radical (unpaired) electrons. The van der Waals surface area contributed by atoms with Crippen molar-refractivity contribution in [2.45, 2.75) is 26.2 Å². The summed E-state index contributed by atoms with van der Waals surface area (Å²) >= 11 is 0. The van der Waals surface area contributed by atoms with Gasteiger partial charge >= 0.3 is 0 Å². The maximum Gasteiger partial charge on any atom is 0.155 e. The Morgan fingerprint density at radius 3 is 2.27 bits per heavy atom. The highest BCUT2D eigenvalue weighted by molar-refractivity contribution is 4.33. The summed E-state index contributed by atoms with van der Waals surface area (Å²) in [5, 5.41) is 10.1. The summed E-state index contributed by atoms with van der Waals surface area (Å²) in [5.41, 5.74) is 0. The van der Waals surface area contributed by atoms with Gasteiger partial charge in [0.15, 0.2) is 10.7 Å². The fraction of sp³-hybridized carbons (Fsp3) is 1.00. The van der Waals surface area contributed by atoms with E-state index >= 15 is 0 Å². The molecule has 0 bridgehead atoms. The van der Waals surface area contributed by atoms with E-state index in [0.29, 0.717) is 6.61 Å². The third-order valence-corrected chi connectivity index (χ3v) is 0.892. The zero-order valence-electron chi connectivity index (χ0n) is 6.39. The molecule has 0 aromatic rings. The van der Waals surface area contributed by atoms with Crippen LogP contribution in [0, 0.1) is 9.81 Å². The highest BCUT2D eigenvalue weighted by Gasteiger charge is 1.83. The zero-order chi connectivity index (χ0) is 8.95. The molecule has 0 amide bonds. The van der Waals surface area contributed by atoms with E-state index in [1.54, 1.807) is 0 Å². The summed E-state index contributed by atoms with van der Waals surface area (Å²) in [5.74, 6) is 0. The molecule has 0 rings (SSSR count). The molecule has 0 aromatic heterocycles. The monoisotopic (exact) mass is 164 g/mol. The Morgan fingerprint density at radius 2 is 1.91 bits per heavy atom. The SMILES string of the molecule is CCCCCON=O.O=NO. The molecule has 11 heavy (non-hydrogen) atoms. The van der Waals surface area contributed by atoms with Crippen LogP contribution in [0.2, 0.25) is 0 Å². The van der Waals surface area contributed by atoms with Gasteiger partial charge in [-0.05, 0) is 6.42 Å². The van der Waals surface area contributed by atoms with Crippen molar-refractivity contribution in [3.8, 4) is 0 Å². The molecular weight excluding hydrogens is 152 g/mol. The van der Waals surface area contributed by atoms with Crippen molar-refractivity contribution >= 4 is 0 Å². The van der Waals surface area contributed by atoms with Crippen LogP contribution in [0.1, 0.15) is 26.2 Å². The van der Waals surface area contributed by atoms with Gasteiger partial charge in [-0.1, -0.05) is 19.8 Å². The summed E-state index contributed by atoms with van der Waals surface area (Å²) in [4.78, 5) is 21.6. The standard InChI is InChI=1S/C5H11NO2.HNO2/c1-2-3-4-5-8-6-7;2-1-3/h2-5H2,1H3;(H,2,3). The summed E-state index contributed by atoms with van der Waals surface area (Å²) in [6, 6.07) is 0. The van der Waals surface area contributed by atoms with Crippen molar-refractivity contribution in [3.05, 3.63) is 9.81 Å². The molecule has 6 heteroatoms. The second-order valence-corrected chi connectivity index (χ2v) is 1.70. The molecule has 0 fully saturated rings. The zero-order valence-corrected chi connectivity index (χ0v) is 6.39. The molecule has 66 valence electrons. The Bertz CT molecular complexity index is 88.6. The molecule has 0 spiro atoms. The Kier molecular flexibility index (Phi) is 18.0. The molecule has 0 aromatic carbocycles. The minimum absolute atomic E-state index is 0.470. The van der Waals surface area contributed by atoms with E-state index in [4.69, 9.17) is 10.1 Å². The van der Waals surface area contributed by atoms with Gasteiger partial charge in [-0.15, -0.1) is 9.81 Å². The molecule has 6 nitrogen and oxygen atoms in total. The van der Waals surface area contributed by atoms with Crippen molar-refractivity contribution in [2.75, 3.05) is 6.61 Å². The molecule has 1 N–H and O–H groups in total. The van der Waals surface area contributed by atoms with Gasteiger partial charge in [-0.25, -0.2) is 0 Å².